The Labute approximate surface area is 155 Å². The molecule has 0 aliphatic heterocycles. The second-order valence-corrected chi connectivity index (χ2v) is 6.48. The highest BCUT2D eigenvalue weighted by atomic mass is 35.5. The summed E-state index contributed by atoms with van der Waals surface area (Å²) in [5, 5.41) is 12.5. The van der Waals surface area contributed by atoms with Crippen LogP contribution in [-0.4, -0.2) is 33.6 Å². The SMILES string of the molecule is NCc1ccc(-c2ccc([C@H](O)[C@@H](CF)NC(=O)C(Cl)Cl)cc2)cn1. The maximum Gasteiger partial charge on any atom is 0.253 e. The molecule has 2 aromatic rings. The molecule has 0 unspecified atom stereocenters. The first-order chi connectivity index (χ1) is 12.0. The average molecular weight is 386 g/mol. The van der Waals surface area contributed by atoms with Gasteiger partial charge in [-0.3, -0.25) is 9.78 Å². The number of aliphatic hydroxyl groups is 1. The van der Waals surface area contributed by atoms with Crippen molar-refractivity contribution < 1.29 is 14.3 Å². The van der Waals surface area contributed by atoms with Gasteiger partial charge in [0.1, 0.15) is 12.8 Å². The minimum Gasteiger partial charge on any atom is -0.386 e. The summed E-state index contributed by atoms with van der Waals surface area (Å²) in [6.07, 6.45) is 0.479. The zero-order valence-corrected chi connectivity index (χ0v) is 14.7. The number of halogens is 3. The molecule has 0 spiro atoms. The third-order valence-electron chi connectivity index (χ3n) is 3.69. The van der Waals surface area contributed by atoms with Crippen molar-refractivity contribution in [1.82, 2.24) is 10.3 Å². The summed E-state index contributed by atoms with van der Waals surface area (Å²) in [6.45, 7) is -0.590. The first-order valence-electron chi connectivity index (χ1n) is 7.54. The fraction of sp³-hybridized carbons (Fsp3) is 0.294. The number of hydrogen-bond acceptors (Lipinski definition) is 4. The highest BCUT2D eigenvalue weighted by Crippen LogP contribution is 2.23. The molecule has 0 aliphatic rings. The largest absolute Gasteiger partial charge is 0.386 e. The van der Waals surface area contributed by atoms with E-state index in [4.69, 9.17) is 28.9 Å². The van der Waals surface area contributed by atoms with Crippen LogP contribution in [0, 0.1) is 0 Å². The van der Waals surface area contributed by atoms with Crippen molar-refractivity contribution in [2.24, 2.45) is 5.73 Å². The van der Waals surface area contributed by atoms with E-state index < -0.39 is 29.6 Å². The molecule has 1 aromatic carbocycles. The van der Waals surface area contributed by atoms with Gasteiger partial charge in [-0.1, -0.05) is 53.5 Å². The van der Waals surface area contributed by atoms with Gasteiger partial charge >= 0.3 is 0 Å². The number of nitrogens with two attached hydrogens (primary N) is 1. The summed E-state index contributed by atoms with van der Waals surface area (Å²) < 4.78 is 13.2. The van der Waals surface area contributed by atoms with Gasteiger partial charge in [0.25, 0.3) is 5.91 Å². The van der Waals surface area contributed by atoms with Gasteiger partial charge in [0.15, 0.2) is 4.84 Å². The number of aromatic nitrogens is 1. The Morgan fingerprint density at radius 3 is 2.32 bits per heavy atom. The first-order valence-corrected chi connectivity index (χ1v) is 8.41. The van der Waals surface area contributed by atoms with Crippen LogP contribution in [0.15, 0.2) is 42.6 Å². The molecule has 1 heterocycles. The minimum absolute atomic E-state index is 0.368. The molecule has 0 fully saturated rings. The normalized spacial score (nSPS) is 13.5. The van der Waals surface area contributed by atoms with Crippen molar-refractivity contribution in [3.63, 3.8) is 0 Å². The Kier molecular flexibility index (Phi) is 7.13. The number of nitrogens with zero attached hydrogens (tertiary/aromatic N) is 1. The molecule has 1 aromatic heterocycles. The van der Waals surface area contributed by atoms with Crippen LogP contribution < -0.4 is 11.1 Å². The Balaban J connectivity index is 2.12. The van der Waals surface area contributed by atoms with Gasteiger partial charge in [0.2, 0.25) is 0 Å². The van der Waals surface area contributed by atoms with Crippen LogP contribution in [0.3, 0.4) is 0 Å². The smallest absolute Gasteiger partial charge is 0.253 e. The highest BCUT2D eigenvalue weighted by Gasteiger charge is 2.25. The molecule has 0 saturated carbocycles. The third-order valence-corrected chi connectivity index (χ3v) is 4.09. The number of hydrogen-bond donors (Lipinski definition) is 3. The quantitative estimate of drug-likeness (QED) is 0.638. The van der Waals surface area contributed by atoms with E-state index >= 15 is 0 Å². The average Bonchev–Trinajstić information content (AvgIpc) is 2.65. The number of amides is 1. The number of nitrogens with one attached hydrogen (secondary N) is 1. The number of pyridine rings is 1. The molecule has 2 atom stereocenters. The standard InChI is InChI=1S/C17H18Cl2FN3O2/c18-16(19)17(25)23-14(7-20)15(24)11-3-1-10(2-4-11)12-5-6-13(8-21)22-9-12/h1-6,9,14-16,24H,7-8,21H2,(H,23,25)/t14-,15+/m1/s1. The molecular formula is C17H18Cl2FN3O2. The number of aliphatic hydroxyl groups excluding tert-OH is 1. The van der Waals surface area contributed by atoms with E-state index in [9.17, 15) is 14.3 Å². The topological polar surface area (TPSA) is 88.2 Å². The predicted molar refractivity (Wildman–Crippen MR) is 95.9 cm³/mol. The number of rotatable bonds is 7. The summed E-state index contributed by atoms with van der Waals surface area (Å²) in [4.78, 5) is 14.4. The zero-order chi connectivity index (χ0) is 18.4. The molecule has 4 N–H and O–H groups in total. The highest BCUT2D eigenvalue weighted by molar-refractivity contribution is 6.53. The monoisotopic (exact) mass is 385 g/mol. The van der Waals surface area contributed by atoms with Crippen molar-refractivity contribution >= 4 is 29.1 Å². The molecule has 0 bridgehead atoms. The molecule has 134 valence electrons. The lowest BCUT2D eigenvalue weighted by Gasteiger charge is -2.22. The third kappa shape index (κ3) is 5.12. The van der Waals surface area contributed by atoms with Crippen LogP contribution in [0.2, 0.25) is 0 Å². The number of benzene rings is 1. The van der Waals surface area contributed by atoms with E-state index in [2.05, 4.69) is 10.3 Å². The molecule has 1 amide bonds. The molecule has 5 nitrogen and oxygen atoms in total. The lowest BCUT2D eigenvalue weighted by atomic mass is 9.99. The Morgan fingerprint density at radius 2 is 1.84 bits per heavy atom. The summed E-state index contributed by atoms with van der Waals surface area (Å²) >= 11 is 10.9. The second-order valence-electron chi connectivity index (χ2n) is 5.38. The Bertz CT molecular complexity index is 696. The van der Waals surface area contributed by atoms with E-state index in [1.807, 2.05) is 12.1 Å². The first kappa shape index (κ1) is 19.6. The van der Waals surface area contributed by atoms with Crippen LogP contribution in [0.5, 0.6) is 0 Å². The van der Waals surface area contributed by atoms with Gasteiger partial charge in [0.05, 0.1) is 11.7 Å². The van der Waals surface area contributed by atoms with E-state index in [1.54, 1.807) is 30.5 Å². The van der Waals surface area contributed by atoms with Gasteiger partial charge in [0, 0.05) is 18.3 Å². The van der Waals surface area contributed by atoms with Crippen LogP contribution in [0.4, 0.5) is 4.39 Å². The van der Waals surface area contributed by atoms with Crippen molar-refractivity contribution in [1.29, 1.82) is 0 Å². The summed E-state index contributed by atoms with van der Waals surface area (Å²) in [6, 6.07) is 9.47. The van der Waals surface area contributed by atoms with E-state index in [-0.39, 0.29) is 0 Å². The van der Waals surface area contributed by atoms with Crippen molar-refractivity contribution in [3.05, 3.63) is 53.9 Å². The molecule has 2 rings (SSSR count). The number of alkyl halides is 3. The van der Waals surface area contributed by atoms with E-state index in [1.165, 1.54) is 0 Å². The van der Waals surface area contributed by atoms with Crippen molar-refractivity contribution in [2.75, 3.05) is 6.67 Å². The fourth-order valence-electron chi connectivity index (χ4n) is 2.27. The van der Waals surface area contributed by atoms with Crippen LogP contribution in [0.25, 0.3) is 11.1 Å². The fourth-order valence-corrected chi connectivity index (χ4v) is 2.39. The van der Waals surface area contributed by atoms with Crippen molar-refractivity contribution in [3.8, 4) is 11.1 Å². The molecule has 8 heteroatoms. The van der Waals surface area contributed by atoms with Gasteiger partial charge in [-0.15, -0.1) is 0 Å². The van der Waals surface area contributed by atoms with Gasteiger partial charge < -0.3 is 16.2 Å². The second kappa shape index (κ2) is 9.10. The summed E-state index contributed by atoms with van der Waals surface area (Å²) in [5.41, 5.74) is 8.54. The van der Waals surface area contributed by atoms with Gasteiger partial charge in [-0.05, 0) is 17.2 Å². The number of carbonyl (C=O) groups excluding carboxylic acids is 1. The van der Waals surface area contributed by atoms with E-state index in [0.29, 0.717) is 12.1 Å². The van der Waals surface area contributed by atoms with E-state index in [0.717, 1.165) is 16.8 Å². The van der Waals surface area contributed by atoms with Crippen molar-refractivity contribution in [2.45, 2.75) is 23.5 Å². The van der Waals surface area contributed by atoms with Crippen LogP contribution >= 0.6 is 23.2 Å². The van der Waals surface area contributed by atoms with Gasteiger partial charge in [-0.2, -0.15) is 0 Å². The maximum absolute atomic E-state index is 13.2. The molecule has 25 heavy (non-hydrogen) atoms. The number of carbonyl (C=O) groups is 1. The summed E-state index contributed by atoms with van der Waals surface area (Å²) in [5.74, 6) is -0.757. The lowest BCUT2D eigenvalue weighted by molar-refractivity contribution is -0.121. The van der Waals surface area contributed by atoms with Crippen LogP contribution in [0.1, 0.15) is 17.4 Å². The predicted octanol–water partition coefficient (Wildman–Crippen LogP) is 2.50. The zero-order valence-electron chi connectivity index (χ0n) is 13.2. The molecule has 0 aliphatic carbocycles. The Hall–Kier alpha value is -1.73. The van der Waals surface area contributed by atoms with Crippen LogP contribution in [-0.2, 0) is 11.3 Å². The minimum atomic E-state index is -1.33. The lowest BCUT2D eigenvalue weighted by Crippen LogP contribution is -2.43. The molecule has 0 saturated heterocycles. The molecular weight excluding hydrogens is 368 g/mol. The summed E-state index contributed by atoms with van der Waals surface area (Å²) in [7, 11) is 0. The van der Waals surface area contributed by atoms with Gasteiger partial charge in [-0.25, -0.2) is 4.39 Å². The maximum atomic E-state index is 13.2. The Morgan fingerprint density at radius 1 is 1.20 bits per heavy atom. The molecule has 0 radical (unpaired) electrons.